The summed E-state index contributed by atoms with van der Waals surface area (Å²) < 4.78 is 14.6. The second-order valence-corrected chi connectivity index (χ2v) is 3.23. The van der Waals surface area contributed by atoms with E-state index in [1.807, 2.05) is 0 Å². The van der Waals surface area contributed by atoms with Crippen molar-refractivity contribution >= 4 is 11.9 Å². The number of carbonyl (C=O) groups excluding carboxylic acids is 2. The topological polar surface area (TPSA) is 65.1 Å². The Morgan fingerprint density at radius 3 is 2.50 bits per heavy atom. The molecule has 0 aliphatic carbocycles. The zero-order valence-electron chi connectivity index (χ0n) is 8.37. The fourth-order valence-corrected chi connectivity index (χ4v) is 1.05. The summed E-state index contributed by atoms with van der Waals surface area (Å²) >= 11 is 0. The Bertz CT molecular complexity index is 231. The molecule has 0 bridgehead atoms. The number of ether oxygens (including phenoxy) is 3. The number of hydrogen-bond donors (Lipinski definition) is 0. The van der Waals surface area contributed by atoms with Gasteiger partial charge in [-0.3, -0.25) is 9.59 Å². The molecule has 0 unspecified atom stereocenters. The van der Waals surface area contributed by atoms with Crippen molar-refractivity contribution in [3.05, 3.63) is 0 Å². The third-order valence-electron chi connectivity index (χ3n) is 1.86. The van der Waals surface area contributed by atoms with E-state index in [1.54, 1.807) is 6.92 Å². The lowest BCUT2D eigenvalue weighted by molar-refractivity contribution is -0.149. The van der Waals surface area contributed by atoms with Crippen LogP contribution in [0.1, 0.15) is 20.3 Å². The van der Waals surface area contributed by atoms with Gasteiger partial charge in [0.2, 0.25) is 0 Å². The van der Waals surface area contributed by atoms with E-state index in [-0.39, 0.29) is 25.0 Å². The zero-order chi connectivity index (χ0) is 10.6. The van der Waals surface area contributed by atoms with E-state index in [1.165, 1.54) is 6.92 Å². The minimum Gasteiger partial charge on any atom is -0.466 e. The Kier molecular flexibility index (Phi) is 3.46. The summed E-state index contributed by atoms with van der Waals surface area (Å²) in [6.07, 6.45) is 0.147. The molecule has 14 heavy (non-hydrogen) atoms. The predicted octanol–water partition coefficient (Wildman–Crippen LogP) is 0.272. The Hall–Kier alpha value is -1.10. The molecule has 0 spiro atoms. The lowest BCUT2D eigenvalue weighted by Crippen LogP contribution is -2.25. The van der Waals surface area contributed by atoms with E-state index in [4.69, 9.17) is 14.2 Å². The van der Waals surface area contributed by atoms with Gasteiger partial charge in [0.1, 0.15) is 12.2 Å². The van der Waals surface area contributed by atoms with Crippen molar-refractivity contribution < 1.29 is 23.8 Å². The summed E-state index contributed by atoms with van der Waals surface area (Å²) in [7, 11) is 0. The average Bonchev–Trinajstić information content (AvgIpc) is 2.83. The molecular formula is C9H14O5. The summed E-state index contributed by atoms with van der Waals surface area (Å²) in [6.45, 7) is 3.98. The van der Waals surface area contributed by atoms with Crippen molar-refractivity contribution in [3.63, 3.8) is 0 Å². The van der Waals surface area contributed by atoms with Gasteiger partial charge < -0.3 is 14.2 Å². The van der Waals surface area contributed by atoms with E-state index in [0.29, 0.717) is 13.2 Å². The normalized spacial score (nSPS) is 24.1. The van der Waals surface area contributed by atoms with E-state index in [0.717, 1.165) is 0 Å². The van der Waals surface area contributed by atoms with Gasteiger partial charge in [0.15, 0.2) is 0 Å². The molecule has 1 aliphatic heterocycles. The molecule has 1 atom stereocenters. The molecule has 1 heterocycles. The molecule has 1 fully saturated rings. The Morgan fingerprint density at radius 2 is 2.07 bits per heavy atom. The van der Waals surface area contributed by atoms with Gasteiger partial charge in [0, 0.05) is 6.92 Å². The predicted molar refractivity (Wildman–Crippen MR) is 46.6 cm³/mol. The Balaban J connectivity index is 2.28. The summed E-state index contributed by atoms with van der Waals surface area (Å²) in [5, 5.41) is 0. The summed E-state index contributed by atoms with van der Waals surface area (Å²) in [5.74, 6) is -0.694. The van der Waals surface area contributed by atoms with Crippen molar-refractivity contribution in [1.29, 1.82) is 0 Å². The lowest BCUT2D eigenvalue weighted by atomic mass is 10.1. The van der Waals surface area contributed by atoms with Crippen LogP contribution in [0.5, 0.6) is 0 Å². The quantitative estimate of drug-likeness (QED) is 0.473. The smallest absolute Gasteiger partial charge is 0.308 e. The van der Waals surface area contributed by atoms with Crippen LogP contribution < -0.4 is 0 Å². The first-order chi connectivity index (χ1) is 6.58. The minimum atomic E-state index is -0.613. The van der Waals surface area contributed by atoms with Crippen molar-refractivity contribution in [2.75, 3.05) is 19.8 Å². The number of rotatable bonds is 5. The molecule has 80 valence electrons. The molecule has 0 radical (unpaired) electrons. The van der Waals surface area contributed by atoms with Gasteiger partial charge in [-0.15, -0.1) is 0 Å². The van der Waals surface area contributed by atoms with Crippen LogP contribution in [0.4, 0.5) is 0 Å². The SMILES string of the molecule is CCOC(=O)C[C@@]1(COC(C)=O)CO1. The molecule has 0 N–H and O–H groups in total. The van der Waals surface area contributed by atoms with Crippen LogP contribution in [0.2, 0.25) is 0 Å². The van der Waals surface area contributed by atoms with Gasteiger partial charge in [-0.25, -0.2) is 0 Å². The van der Waals surface area contributed by atoms with Crippen molar-refractivity contribution in [1.82, 2.24) is 0 Å². The zero-order valence-corrected chi connectivity index (χ0v) is 8.37. The second-order valence-electron chi connectivity index (χ2n) is 3.23. The maximum absolute atomic E-state index is 11.1. The largest absolute Gasteiger partial charge is 0.466 e. The summed E-state index contributed by atoms with van der Waals surface area (Å²) in [6, 6.07) is 0. The van der Waals surface area contributed by atoms with Crippen LogP contribution >= 0.6 is 0 Å². The molecule has 5 heteroatoms. The molecular weight excluding hydrogens is 188 g/mol. The van der Waals surface area contributed by atoms with Crippen molar-refractivity contribution in [3.8, 4) is 0 Å². The highest BCUT2D eigenvalue weighted by atomic mass is 16.6. The van der Waals surface area contributed by atoms with Crippen molar-refractivity contribution in [2.45, 2.75) is 25.9 Å². The molecule has 0 aromatic carbocycles. The first-order valence-corrected chi connectivity index (χ1v) is 4.51. The molecule has 0 aromatic heterocycles. The van der Waals surface area contributed by atoms with Gasteiger partial charge in [0.25, 0.3) is 0 Å². The van der Waals surface area contributed by atoms with Gasteiger partial charge in [-0.1, -0.05) is 0 Å². The average molecular weight is 202 g/mol. The van der Waals surface area contributed by atoms with Gasteiger partial charge in [-0.05, 0) is 6.92 Å². The highest BCUT2D eigenvalue weighted by Gasteiger charge is 2.48. The van der Waals surface area contributed by atoms with Gasteiger partial charge in [-0.2, -0.15) is 0 Å². The van der Waals surface area contributed by atoms with Crippen LogP contribution in [0.3, 0.4) is 0 Å². The number of epoxide rings is 1. The minimum absolute atomic E-state index is 0.126. The van der Waals surface area contributed by atoms with Crippen molar-refractivity contribution in [2.24, 2.45) is 0 Å². The number of carbonyl (C=O) groups is 2. The highest BCUT2D eigenvalue weighted by molar-refractivity contribution is 5.71. The van der Waals surface area contributed by atoms with E-state index < -0.39 is 5.60 Å². The van der Waals surface area contributed by atoms with E-state index in [9.17, 15) is 9.59 Å². The second kappa shape index (κ2) is 4.41. The Morgan fingerprint density at radius 1 is 1.43 bits per heavy atom. The number of hydrogen-bond acceptors (Lipinski definition) is 5. The van der Waals surface area contributed by atoms with Crippen LogP contribution in [0.15, 0.2) is 0 Å². The third kappa shape index (κ3) is 3.33. The van der Waals surface area contributed by atoms with Gasteiger partial charge >= 0.3 is 11.9 Å². The lowest BCUT2D eigenvalue weighted by Gasteiger charge is -2.10. The molecule has 0 saturated carbocycles. The molecule has 1 rings (SSSR count). The van der Waals surface area contributed by atoms with E-state index >= 15 is 0 Å². The van der Waals surface area contributed by atoms with Crippen LogP contribution in [0.25, 0.3) is 0 Å². The fraction of sp³-hybridized carbons (Fsp3) is 0.778. The molecule has 0 amide bonds. The molecule has 1 saturated heterocycles. The first-order valence-electron chi connectivity index (χ1n) is 4.51. The third-order valence-corrected chi connectivity index (χ3v) is 1.86. The molecule has 5 nitrogen and oxygen atoms in total. The summed E-state index contributed by atoms with van der Waals surface area (Å²) in [4.78, 5) is 21.6. The maximum Gasteiger partial charge on any atom is 0.308 e. The monoisotopic (exact) mass is 202 g/mol. The van der Waals surface area contributed by atoms with Crippen LogP contribution in [-0.2, 0) is 23.8 Å². The van der Waals surface area contributed by atoms with Crippen LogP contribution in [-0.4, -0.2) is 37.4 Å². The standard InChI is InChI=1S/C9H14O5/c1-3-12-8(11)4-9(6-14-9)5-13-7(2)10/h3-6H2,1-2H3/t9-/m1/s1. The van der Waals surface area contributed by atoms with E-state index in [2.05, 4.69) is 0 Å². The fourth-order valence-electron chi connectivity index (χ4n) is 1.05. The Labute approximate surface area is 82.3 Å². The van der Waals surface area contributed by atoms with Gasteiger partial charge in [0.05, 0.1) is 19.6 Å². The van der Waals surface area contributed by atoms with Crippen LogP contribution in [0, 0.1) is 0 Å². The highest BCUT2D eigenvalue weighted by Crippen LogP contribution is 2.31. The summed E-state index contributed by atoms with van der Waals surface area (Å²) in [5.41, 5.74) is -0.613. The molecule has 1 aliphatic rings. The maximum atomic E-state index is 11.1. The number of esters is 2. The molecule has 0 aromatic rings. The first kappa shape index (κ1) is 11.0.